The van der Waals surface area contributed by atoms with Crippen molar-refractivity contribution in [2.75, 3.05) is 18.1 Å². The molecule has 5 heteroatoms. The van der Waals surface area contributed by atoms with Gasteiger partial charge in [0.25, 0.3) is 0 Å². The van der Waals surface area contributed by atoms with Crippen LogP contribution in [0, 0.1) is 0 Å². The molecule has 1 heterocycles. The molecule has 3 rings (SSSR count). The van der Waals surface area contributed by atoms with E-state index in [0.717, 1.165) is 36.0 Å². The maximum atomic E-state index is 12.2. The molecule has 0 radical (unpaired) electrons. The molecule has 5 nitrogen and oxygen atoms in total. The lowest BCUT2D eigenvalue weighted by atomic mass is 10.1. The van der Waals surface area contributed by atoms with Crippen LogP contribution in [0.5, 0.6) is 0 Å². The molecule has 1 aromatic heterocycles. The van der Waals surface area contributed by atoms with Gasteiger partial charge < -0.3 is 9.64 Å². The van der Waals surface area contributed by atoms with Crippen LogP contribution in [-0.4, -0.2) is 35.4 Å². The van der Waals surface area contributed by atoms with Gasteiger partial charge in [-0.1, -0.05) is 18.2 Å². The van der Waals surface area contributed by atoms with Crippen molar-refractivity contribution in [3.05, 3.63) is 30.0 Å². The maximum Gasteiger partial charge on any atom is 0.361 e. The molecule has 0 aliphatic heterocycles. The van der Waals surface area contributed by atoms with Crippen LogP contribution in [0.4, 0.5) is 5.69 Å². The fraction of sp³-hybridized carbons (Fsp3) is 0.438. The largest absolute Gasteiger partial charge is 0.461 e. The van der Waals surface area contributed by atoms with Crippen LogP contribution in [0.15, 0.2) is 24.3 Å². The van der Waals surface area contributed by atoms with Crippen molar-refractivity contribution in [3.8, 4) is 0 Å². The minimum atomic E-state index is -0.398. The monoisotopic (exact) mass is 285 g/mol. The summed E-state index contributed by atoms with van der Waals surface area (Å²) >= 11 is 0. The Bertz CT molecular complexity index is 668. The van der Waals surface area contributed by atoms with Crippen molar-refractivity contribution in [2.45, 2.75) is 32.7 Å². The second-order valence-electron chi connectivity index (χ2n) is 5.15. The average molecular weight is 285 g/mol. The van der Waals surface area contributed by atoms with E-state index in [1.165, 1.54) is 0 Å². The molecule has 0 saturated heterocycles. The summed E-state index contributed by atoms with van der Waals surface area (Å²) in [5, 5.41) is 9.26. The molecule has 1 fully saturated rings. The number of fused-ring (bicyclic) bond motifs is 1. The van der Waals surface area contributed by atoms with Gasteiger partial charge in [-0.3, -0.25) is 0 Å². The number of nitrogens with zero attached hydrogens (tertiary/aromatic N) is 3. The van der Waals surface area contributed by atoms with Gasteiger partial charge in [0, 0.05) is 18.0 Å². The van der Waals surface area contributed by atoms with Crippen LogP contribution in [0.3, 0.4) is 0 Å². The molecule has 2 aromatic rings. The third-order valence-electron chi connectivity index (χ3n) is 3.73. The lowest BCUT2D eigenvalue weighted by molar-refractivity contribution is 0.0519. The summed E-state index contributed by atoms with van der Waals surface area (Å²) in [5.74, 6) is -0.398. The predicted molar refractivity (Wildman–Crippen MR) is 81.5 cm³/mol. The fourth-order valence-electron chi connectivity index (χ4n) is 2.65. The molecule has 110 valence electrons. The first-order valence-electron chi connectivity index (χ1n) is 7.45. The number of carbonyl (C=O) groups is 1. The number of hydrogen-bond acceptors (Lipinski definition) is 5. The highest BCUT2D eigenvalue weighted by molar-refractivity contribution is 6.03. The van der Waals surface area contributed by atoms with Crippen molar-refractivity contribution in [2.24, 2.45) is 0 Å². The fourth-order valence-corrected chi connectivity index (χ4v) is 2.65. The molecule has 0 N–H and O–H groups in total. The number of rotatable bonds is 5. The maximum absolute atomic E-state index is 12.2. The number of hydrogen-bond donors (Lipinski definition) is 0. The van der Waals surface area contributed by atoms with Crippen LogP contribution >= 0.6 is 0 Å². The van der Waals surface area contributed by atoms with Gasteiger partial charge >= 0.3 is 5.97 Å². The van der Waals surface area contributed by atoms with Gasteiger partial charge in [-0.2, -0.15) is 0 Å². The van der Waals surface area contributed by atoms with Crippen molar-refractivity contribution < 1.29 is 9.53 Å². The predicted octanol–water partition coefficient (Wildman–Crippen LogP) is 2.80. The molecular formula is C16H19N3O2. The van der Waals surface area contributed by atoms with Crippen LogP contribution < -0.4 is 4.90 Å². The Morgan fingerprint density at radius 2 is 2.05 bits per heavy atom. The molecular weight excluding hydrogens is 266 g/mol. The number of carbonyl (C=O) groups excluding carboxylic acids is 1. The Labute approximate surface area is 123 Å². The smallest absolute Gasteiger partial charge is 0.361 e. The van der Waals surface area contributed by atoms with E-state index in [0.29, 0.717) is 18.3 Å². The van der Waals surface area contributed by atoms with Gasteiger partial charge in [0.05, 0.1) is 17.8 Å². The highest BCUT2D eigenvalue weighted by Crippen LogP contribution is 2.36. The first kappa shape index (κ1) is 13.8. The number of anilines is 1. The lowest BCUT2D eigenvalue weighted by Gasteiger charge is -2.25. The second-order valence-corrected chi connectivity index (χ2v) is 5.15. The summed E-state index contributed by atoms with van der Waals surface area (Å²) in [7, 11) is 0. The second kappa shape index (κ2) is 5.68. The number of benzene rings is 1. The summed E-state index contributed by atoms with van der Waals surface area (Å²) in [6.07, 6.45) is 2.32. The minimum absolute atomic E-state index is 0.323. The summed E-state index contributed by atoms with van der Waals surface area (Å²) in [6, 6.07) is 8.30. The van der Waals surface area contributed by atoms with E-state index in [4.69, 9.17) is 4.74 Å². The molecule has 1 aliphatic carbocycles. The zero-order valence-corrected chi connectivity index (χ0v) is 12.4. The van der Waals surface area contributed by atoms with E-state index in [1.807, 2.05) is 24.3 Å². The van der Waals surface area contributed by atoms with Gasteiger partial charge in [-0.15, -0.1) is 10.2 Å². The van der Waals surface area contributed by atoms with Crippen LogP contribution in [0.25, 0.3) is 10.9 Å². The zero-order chi connectivity index (χ0) is 14.8. The molecule has 0 bridgehead atoms. The Hall–Kier alpha value is -2.17. The molecule has 0 unspecified atom stereocenters. The molecule has 1 aliphatic rings. The van der Waals surface area contributed by atoms with Gasteiger partial charge in [0.1, 0.15) is 0 Å². The molecule has 21 heavy (non-hydrogen) atoms. The number of esters is 1. The number of ether oxygens (including phenoxy) is 1. The minimum Gasteiger partial charge on any atom is -0.461 e. The average Bonchev–Trinajstić information content (AvgIpc) is 3.33. The molecule has 1 saturated carbocycles. The van der Waals surface area contributed by atoms with Gasteiger partial charge in [0.15, 0.2) is 5.69 Å². The summed E-state index contributed by atoms with van der Waals surface area (Å²) in [4.78, 5) is 14.5. The highest BCUT2D eigenvalue weighted by atomic mass is 16.5. The van der Waals surface area contributed by atoms with Crippen molar-refractivity contribution in [1.82, 2.24) is 10.2 Å². The van der Waals surface area contributed by atoms with E-state index in [9.17, 15) is 4.79 Å². The molecule has 0 atom stereocenters. The normalized spacial score (nSPS) is 14.2. The Balaban J connectivity index is 2.19. The molecule has 0 spiro atoms. The van der Waals surface area contributed by atoms with Crippen LogP contribution in [0.1, 0.15) is 37.2 Å². The van der Waals surface area contributed by atoms with Crippen LogP contribution in [-0.2, 0) is 4.74 Å². The standard InChI is InChI=1S/C16H19N3O2/c1-3-19(11-9-10-11)15-12-7-5-6-8-13(12)17-18-14(15)16(20)21-4-2/h5-8,11H,3-4,9-10H2,1-2H3. The third-order valence-corrected chi connectivity index (χ3v) is 3.73. The highest BCUT2D eigenvalue weighted by Gasteiger charge is 2.33. The van der Waals surface area contributed by atoms with E-state index in [-0.39, 0.29) is 0 Å². The number of aromatic nitrogens is 2. The molecule has 1 aromatic carbocycles. The van der Waals surface area contributed by atoms with Gasteiger partial charge in [-0.05, 0) is 32.8 Å². The van der Waals surface area contributed by atoms with Crippen molar-refractivity contribution >= 4 is 22.6 Å². The van der Waals surface area contributed by atoms with Crippen molar-refractivity contribution in [1.29, 1.82) is 0 Å². The molecule has 0 amide bonds. The van der Waals surface area contributed by atoms with E-state index in [2.05, 4.69) is 22.0 Å². The Morgan fingerprint density at radius 1 is 1.29 bits per heavy atom. The van der Waals surface area contributed by atoms with E-state index >= 15 is 0 Å². The summed E-state index contributed by atoms with van der Waals surface area (Å²) in [6.45, 7) is 5.07. The van der Waals surface area contributed by atoms with Crippen molar-refractivity contribution in [3.63, 3.8) is 0 Å². The first-order valence-corrected chi connectivity index (χ1v) is 7.45. The van der Waals surface area contributed by atoms with Gasteiger partial charge in [0.2, 0.25) is 0 Å². The zero-order valence-electron chi connectivity index (χ0n) is 12.4. The Kier molecular flexibility index (Phi) is 3.73. The van der Waals surface area contributed by atoms with E-state index < -0.39 is 5.97 Å². The Morgan fingerprint density at radius 3 is 2.71 bits per heavy atom. The van der Waals surface area contributed by atoms with E-state index in [1.54, 1.807) is 6.92 Å². The summed E-state index contributed by atoms with van der Waals surface area (Å²) in [5.41, 5.74) is 1.99. The van der Waals surface area contributed by atoms with Gasteiger partial charge in [-0.25, -0.2) is 4.79 Å². The summed E-state index contributed by atoms with van der Waals surface area (Å²) < 4.78 is 5.14. The topological polar surface area (TPSA) is 55.3 Å². The third kappa shape index (κ3) is 2.55. The lowest BCUT2D eigenvalue weighted by Crippen LogP contribution is -2.28. The first-order chi connectivity index (χ1) is 10.3. The quantitative estimate of drug-likeness (QED) is 0.791. The van der Waals surface area contributed by atoms with Crippen LogP contribution in [0.2, 0.25) is 0 Å². The SMILES string of the molecule is CCOC(=O)c1nnc2ccccc2c1N(CC)C1CC1.